The number of carboxylic acid groups (broad SMARTS) is 2. The van der Waals surface area contributed by atoms with Crippen LogP contribution in [-0.4, -0.2) is 22.2 Å². The molecule has 0 bridgehead atoms. The Morgan fingerprint density at radius 2 is 1.40 bits per heavy atom. The monoisotopic (exact) mass is 268 g/mol. The highest BCUT2D eigenvalue weighted by molar-refractivity contribution is 6.02. The van der Waals surface area contributed by atoms with Crippen LogP contribution in [0.2, 0.25) is 0 Å². The van der Waals surface area contributed by atoms with E-state index in [1.807, 2.05) is 6.07 Å². The van der Waals surface area contributed by atoms with Crippen LogP contribution in [-0.2, 0) is 0 Å². The second kappa shape index (κ2) is 5.40. The topological polar surface area (TPSA) is 74.6 Å². The van der Waals surface area contributed by atoms with E-state index in [1.165, 1.54) is 18.2 Å². The Kier molecular flexibility index (Phi) is 3.66. The van der Waals surface area contributed by atoms with Crippen LogP contribution in [0.1, 0.15) is 26.3 Å². The average Bonchev–Trinajstić information content (AvgIpc) is 2.46. The lowest BCUT2D eigenvalue weighted by Gasteiger charge is -2.10. The van der Waals surface area contributed by atoms with E-state index in [2.05, 4.69) is 6.58 Å². The molecule has 2 aromatic rings. The maximum absolute atomic E-state index is 11.3. The molecule has 0 spiro atoms. The minimum atomic E-state index is -1.18. The summed E-state index contributed by atoms with van der Waals surface area (Å²) in [6.45, 7) is 3.49. The molecular weight excluding hydrogens is 256 g/mol. The van der Waals surface area contributed by atoms with Crippen LogP contribution in [0.3, 0.4) is 0 Å². The summed E-state index contributed by atoms with van der Waals surface area (Å²) >= 11 is 0. The van der Waals surface area contributed by atoms with Gasteiger partial charge in [-0.15, -0.1) is 0 Å². The summed E-state index contributed by atoms with van der Waals surface area (Å²) in [5.41, 5.74) is 1.28. The van der Waals surface area contributed by atoms with Crippen molar-refractivity contribution < 1.29 is 19.8 Å². The van der Waals surface area contributed by atoms with Crippen LogP contribution in [0, 0.1) is 0 Å². The molecule has 4 heteroatoms. The molecule has 0 aliphatic heterocycles. The Bertz CT molecular complexity index is 652. The van der Waals surface area contributed by atoms with E-state index in [-0.39, 0.29) is 16.7 Å². The summed E-state index contributed by atoms with van der Waals surface area (Å²) in [7, 11) is 0. The van der Waals surface area contributed by atoms with Gasteiger partial charge in [-0.2, -0.15) is 0 Å². The summed E-state index contributed by atoms with van der Waals surface area (Å²) in [5, 5.41) is 18.5. The maximum atomic E-state index is 11.3. The molecule has 0 aromatic heterocycles. The molecule has 20 heavy (non-hydrogen) atoms. The summed E-state index contributed by atoms with van der Waals surface area (Å²) in [6, 6.07) is 11.9. The van der Waals surface area contributed by atoms with Gasteiger partial charge < -0.3 is 10.2 Å². The average molecular weight is 268 g/mol. The minimum Gasteiger partial charge on any atom is -0.478 e. The molecule has 4 nitrogen and oxygen atoms in total. The lowest BCUT2D eigenvalue weighted by atomic mass is 9.94. The Hall–Kier alpha value is -2.88. The molecule has 0 amide bonds. The van der Waals surface area contributed by atoms with Crippen molar-refractivity contribution in [3.05, 3.63) is 65.7 Å². The number of hydrogen-bond donors (Lipinski definition) is 2. The maximum Gasteiger partial charge on any atom is 0.336 e. The Morgan fingerprint density at radius 1 is 0.900 bits per heavy atom. The van der Waals surface area contributed by atoms with Crippen molar-refractivity contribution >= 4 is 18.0 Å². The van der Waals surface area contributed by atoms with Crippen molar-refractivity contribution in [1.82, 2.24) is 0 Å². The summed E-state index contributed by atoms with van der Waals surface area (Å²) < 4.78 is 0. The van der Waals surface area contributed by atoms with Crippen molar-refractivity contribution in [3.8, 4) is 11.1 Å². The Labute approximate surface area is 115 Å². The number of benzene rings is 2. The molecule has 0 saturated heterocycles. The third kappa shape index (κ3) is 2.44. The fraction of sp³-hybridized carbons (Fsp3) is 0. The zero-order chi connectivity index (χ0) is 14.7. The lowest BCUT2D eigenvalue weighted by molar-refractivity contribution is 0.0696. The highest BCUT2D eigenvalue weighted by Gasteiger charge is 2.18. The van der Waals surface area contributed by atoms with Crippen LogP contribution < -0.4 is 0 Å². The number of hydrogen-bond acceptors (Lipinski definition) is 2. The Morgan fingerprint density at radius 3 is 1.80 bits per heavy atom. The molecular formula is C16H12O4. The van der Waals surface area contributed by atoms with Gasteiger partial charge in [0, 0.05) is 5.56 Å². The molecule has 0 aliphatic rings. The van der Waals surface area contributed by atoms with Gasteiger partial charge in [-0.1, -0.05) is 43.0 Å². The first-order valence-corrected chi connectivity index (χ1v) is 5.87. The molecule has 2 rings (SSSR count). The molecule has 0 radical (unpaired) electrons. The van der Waals surface area contributed by atoms with Crippen molar-refractivity contribution in [3.63, 3.8) is 0 Å². The highest BCUT2D eigenvalue weighted by atomic mass is 16.4. The zero-order valence-corrected chi connectivity index (χ0v) is 10.5. The van der Waals surface area contributed by atoms with Crippen molar-refractivity contribution in [2.45, 2.75) is 0 Å². The summed E-state index contributed by atoms with van der Waals surface area (Å²) in [5.74, 6) is -2.36. The molecule has 0 unspecified atom stereocenters. The van der Waals surface area contributed by atoms with Gasteiger partial charge in [0.05, 0.1) is 11.1 Å². The highest BCUT2D eigenvalue weighted by Crippen LogP contribution is 2.26. The normalized spacial score (nSPS) is 10.0. The van der Waals surface area contributed by atoms with Crippen molar-refractivity contribution in [1.29, 1.82) is 0 Å². The van der Waals surface area contributed by atoms with E-state index >= 15 is 0 Å². The molecule has 0 atom stereocenters. The smallest absolute Gasteiger partial charge is 0.336 e. The first-order valence-electron chi connectivity index (χ1n) is 5.87. The lowest BCUT2D eigenvalue weighted by Crippen LogP contribution is -2.07. The standard InChI is InChI=1S/C16H12O4/c1-2-12-13(15(17)18)8-11(9-14(12)16(19)20)10-6-4-3-5-7-10/h2-9H,1H2,(H,17,18)(H,19,20). The van der Waals surface area contributed by atoms with Gasteiger partial charge in [-0.25, -0.2) is 9.59 Å². The SMILES string of the molecule is C=Cc1c(C(=O)O)cc(-c2ccccc2)cc1C(=O)O. The zero-order valence-electron chi connectivity index (χ0n) is 10.5. The van der Waals surface area contributed by atoms with E-state index in [0.29, 0.717) is 5.56 Å². The molecule has 2 N–H and O–H groups in total. The van der Waals surface area contributed by atoms with E-state index < -0.39 is 11.9 Å². The van der Waals surface area contributed by atoms with Crippen LogP contribution in [0.25, 0.3) is 17.2 Å². The summed E-state index contributed by atoms with van der Waals surface area (Å²) in [6.07, 6.45) is 1.25. The molecule has 0 saturated carbocycles. The van der Waals surface area contributed by atoms with E-state index in [1.54, 1.807) is 24.3 Å². The van der Waals surface area contributed by atoms with Crippen LogP contribution in [0.4, 0.5) is 0 Å². The number of carboxylic acids is 2. The quantitative estimate of drug-likeness (QED) is 0.891. The molecule has 100 valence electrons. The van der Waals surface area contributed by atoms with Crippen LogP contribution >= 0.6 is 0 Å². The molecule has 0 heterocycles. The van der Waals surface area contributed by atoms with Gasteiger partial charge in [0.1, 0.15) is 0 Å². The molecule has 0 fully saturated rings. The first-order chi connectivity index (χ1) is 9.54. The number of carbonyl (C=O) groups is 2. The van der Waals surface area contributed by atoms with Crippen LogP contribution in [0.15, 0.2) is 49.0 Å². The third-order valence-corrected chi connectivity index (χ3v) is 2.95. The van der Waals surface area contributed by atoms with Crippen molar-refractivity contribution in [2.24, 2.45) is 0 Å². The van der Waals surface area contributed by atoms with Gasteiger partial charge in [0.2, 0.25) is 0 Å². The van der Waals surface area contributed by atoms with E-state index in [0.717, 1.165) is 5.56 Å². The van der Waals surface area contributed by atoms with Gasteiger partial charge >= 0.3 is 11.9 Å². The second-order valence-electron chi connectivity index (χ2n) is 4.17. The molecule has 0 aliphatic carbocycles. The minimum absolute atomic E-state index is 0.0706. The van der Waals surface area contributed by atoms with Gasteiger partial charge in [-0.3, -0.25) is 0 Å². The number of aromatic carboxylic acids is 2. The fourth-order valence-corrected chi connectivity index (χ4v) is 2.02. The van der Waals surface area contributed by atoms with Crippen LogP contribution in [0.5, 0.6) is 0 Å². The predicted molar refractivity (Wildman–Crippen MR) is 75.9 cm³/mol. The largest absolute Gasteiger partial charge is 0.478 e. The van der Waals surface area contributed by atoms with Gasteiger partial charge in [0.25, 0.3) is 0 Å². The second-order valence-corrected chi connectivity index (χ2v) is 4.17. The first kappa shape index (κ1) is 13.5. The van der Waals surface area contributed by atoms with E-state index in [4.69, 9.17) is 0 Å². The fourth-order valence-electron chi connectivity index (χ4n) is 2.02. The third-order valence-electron chi connectivity index (χ3n) is 2.95. The van der Waals surface area contributed by atoms with Crippen molar-refractivity contribution in [2.75, 3.05) is 0 Å². The van der Waals surface area contributed by atoms with E-state index in [9.17, 15) is 19.8 Å². The molecule has 2 aromatic carbocycles. The Balaban J connectivity index is 2.76. The summed E-state index contributed by atoms with van der Waals surface area (Å²) in [4.78, 5) is 22.6. The number of rotatable bonds is 4. The van der Waals surface area contributed by atoms with Gasteiger partial charge in [0.15, 0.2) is 0 Å². The van der Waals surface area contributed by atoms with Gasteiger partial charge in [-0.05, 0) is 23.3 Å². The predicted octanol–water partition coefficient (Wildman–Crippen LogP) is 3.39.